The summed E-state index contributed by atoms with van der Waals surface area (Å²) in [6.45, 7) is 6.57. The number of carbonyl (C=O) groups excluding carboxylic acids is 1. The van der Waals surface area contributed by atoms with E-state index < -0.39 is 12.1 Å². The third-order valence-electron chi connectivity index (χ3n) is 4.84. The summed E-state index contributed by atoms with van der Waals surface area (Å²) >= 11 is 0. The van der Waals surface area contributed by atoms with Gasteiger partial charge in [-0.15, -0.1) is 0 Å². The molecule has 0 radical (unpaired) electrons. The van der Waals surface area contributed by atoms with Gasteiger partial charge in [0.15, 0.2) is 0 Å². The van der Waals surface area contributed by atoms with Crippen LogP contribution >= 0.6 is 0 Å². The smallest absolute Gasteiger partial charge is 0.356 e. The fourth-order valence-electron chi connectivity index (χ4n) is 3.62. The number of aliphatic hydroxyl groups is 1. The Balaban J connectivity index is 2.13. The average Bonchev–Trinajstić information content (AvgIpc) is 2.91. The average molecular weight is 322 g/mol. The molecule has 0 amide bonds. The van der Waals surface area contributed by atoms with Crippen molar-refractivity contribution in [2.45, 2.75) is 19.6 Å². The molecule has 0 aliphatic carbocycles. The summed E-state index contributed by atoms with van der Waals surface area (Å²) in [6, 6.07) is 9.77. The van der Waals surface area contributed by atoms with Gasteiger partial charge in [-0.2, -0.15) is 0 Å². The SMILES string of the molecule is C=C(C)[C@@H]1Cn2c3ccccc3c3cc(C(=O)OC)nc(c32)[C@H]1O. The van der Waals surface area contributed by atoms with Crippen LogP contribution < -0.4 is 0 Å². The van der Waals surface area contributed by atoms with E-state index in [1.807, 2.05) is 31.2 Å². The van der Waals surface area contributed by atoms with Crippen LogP contribution in [-0.2, 0) is 11.3 Å². The fourth-order valence-corrected chi connectivity index (χ4v) is 3.62. The predicted octanol–water partition coefficient (Wildman–Crippen LogP) is 3.22. The highest BCUT2D eigenvalue weighted by atomic mass is 16.5. The molecule has 5 heteroatoms. The van der Waals surface area contributed by atoms with Crippen LogP contribution in [0, 0.1) is 5.92 Å². The zero-order valence-electron chi connectivity index (χ0n) is 13.6. The highest BCUT2D eigenvalue weighted by molar-refractivity contribution is 6.10. The highest BCUT2D eigenvalue weighted by Gasteiger charge is 2.33. The van der Waals surface area contributed by atoms with E-state index >= 15 is 0 Å². The Hall–Kier alpha value is -2.66. The molecule has 0 saturated heterocycles. The van der Waals surface area contributed by atoms with E-state index in [0.717, 1.165) is 27.4 Å². The molecule has 0 spiro atoms. The van der Waals surface area contributed by atoms with Gasteiger partial charge < -0.3 is 14.4 Å². The molecule has 122 valence electrons. The number of para-hydroxylation sites is 1. The Bertz CT molecular complexity index is 1000. The fraction of sp³-hybridized carbons (Fsp3) is 0.263. The van der Waals surface area contributed by atoms with Gasteiger partial charge in [0.05, 0.1) is 18.3 Å². The molecule has 1 aliphatic rings. The maximum absolute atomic E-state index is 12.0. The number of nitrogens with zero attached hydrogens (tertiary/aromatic N) is 2. The number of pyridine rings is 1. The number of aliphatic hydroxyl groups excluding tert-OH is 1. The molecule has 3 heterocycles. The van der Waals surface area contributed by atoms with E-state index in [0.29, 0.717) is 12.2 Å². The van der Waals surface area contributed by atoms with Crippen molar-refractivity contribution in [1.29, 1.82) is 0 Å². The lowest BCUT2D eigenvalue weighted by atomic mass is 9.89. The lowest BCUT2D eigenvalue weighted by Crippen LogP contribution is -2.26. The molecule has 0 saturated carbocycles. The first kappa shape index (κ1) is 14.9. The molecular weight excluding hydrogens is 304 g/mol. The summed E-state index contributed by atoms with van der Waals surface area (Å²) in [4.78, 5) is 16.4. The summed E-state index contributed by atoms with van der Waals surface area (Å²) in [5.74, 6) is -0.647. The van der Waals surface area contributed by atoms with Crippen molar-refractivity contribution in [2.24, 2.45) is 5.92 Å². The Labute approximate surface area is 139 Å². The highest BCUT2D eigenvalue weighted by Crippen LogP contribution is 2.41. The first-order valence-corrected chi connectivity index (χ1v) is 7.86. The molecule has 1 aliphatic heterocycles. The van der Waals surface area contributed by atoms with E-state index in [4.69, 9.17) is 4.74 Å². The molecule has 2 aromatic heterocycles. The quantitative estimate of drug-likeness (QED) is 0.581. The number of aromatic nitrogens is 2. The summed E-state index contributed by atoms with van der Waals surface area (Å²) in [7, 11) is 1.33. The van der Waals surface area contributed by atoms with Crippen LogP contribution in [0.15, 0.2) is 42.5 Å². The molecule has 0 bridgehead atoms. The molecule has 0 unspecified atom stereocenters. The van der Waals surface area contributed by atoms with Crippen LogP contribution in [0.1, 0.15) is 29.2 Å². The third-order valence-corrected chi connectivity index (χ3v) is 4.84. The Morgan fingerprint density at radius 1 is 1.38 bits per heavy atom. The van der Waals surface area contributed by atoms with E-state index in [1.165, 1.54) is 7.11 Å². The number of carbonyl (C=O) groups is 1. The topological polar surface area (TPSA) is 64.4 Å². The van der Waals surface area contributed by atoms with Gasteiger partial charge in [0, 0.05) is 28.8 Å². The number of hydrogen-bond donors (Lipinski definition) is 1. The number of fused-ring (bicyclic) bond motifs is 3. The van der Waals surface area contributed by atoms with Crippen molar-refractivity contribution >= 4 is 27.8 Å². The summed E-state index contributed by atoms with van der Waals surface area (Å²) in [5.41, 5.74) is 3.57. The molecule has 0 fully saturated rings. The molecule has 2 atom stereocenters. The van der Waals surface area contributed by atoms with E-state index in [2.05, 4.69) is 16.1 Å². The summed E-state index contributed by atoms with van der Waals surface area (Å²) in [5, 5.41) is 12.8. The largest absolute Gasteiger partial charge is 0.464 e. The lowest BCUT2D eigenvalue weighted by Gasteiger charge is -2.30. The molecule has 24 heavy (non-hydrogen) atoms. The van der Waals surface area contributed by atoms with Crippen molar-refractivity contribution in [1.82, 2.24) is 9.55 Å². The monoisotopic (exact) mass is 322 g/mol. The van der Waals surface area contributed by atoms with Gasteiger partial charge in [0.2, 0.25) is 0 Å². The minimum atomic E-state index is -0.786. The van der Waals surface area contributed by atoms with Gasteiger partial charge in [-0.05, 0) is 19.1 Å². The molecule has 1 aromatic carbocycles. The molecule has 1 N–H and O–H groups in total. The first-order valence-electron chi connectivity index (χ1n) is 7.86. The molecular formula is C19H18N2O3. The van der Waals surface area contributed by atoms with Crippen LogP contribution in [-0.4, -0.2) is 27.7 Å². The predicted molar refractivity (Wildman–Crippen MR) is 91.8 cm³/mol. The number of methoxy groups -OCH3 is 1. The minimum Gasteiger partial charge on any atom is -0.464 e. The molecule has 3 aromatic rings. The first-order chi connectivity index (χ1) is 11.5. The van der Waals surface area contributed by atoms with Crippen molar-refractivity contribution in [3.63, 3.8) is 0 Å². The van der Waals surface area contributed by atoms with E-state index in [1.54, 1.807) is 6.07 Å². The van der Waals surface area contributed by atoms with Gasteiger partial charge in [-0.1, -0.05) is 30.4 Å². The van der Waals surface area contributed by atoms with Crippen LogP contribution in [0.2, 0.25) is 0 Å². The van der Waals surface area contributed by atoms with Gasteiger partial charge in [-0.3, -0.25) is 0 Å². The third kappa shape index (κ3) is 1.91. The van der Waals surface area contributed by atoms with E-state index in [9.17, 15) is 9.90 Å². The van der Waals surface area contributed by atoms with E-state index in [-0.39, 0.29) is 11.6 Å². The van der Waals surface area contributed by atoms with Gasteiger partial charge in [0.1, 0.15) is 11.8 Å². The number of benzene rings is 1. The number of hydrogen-bond acceptors (Lipinski definition) is 4. The Kier molecular flexibility index (Phi) is 3.21. The lowest BCUT2D eigenvalue weighted by molar-refractivity contribution is 0.0591. The maximum Gasteiger partial charge on any atom is 0.356 e. The van der Waals surface area contributed by atoms with Crippen LogP contribution in [0.3, 0.4) is 0 Å². The second-order valence-corrected chi connectivity index (χ2v) is 6.31. The second kappa shape index (κ2) is 5.18. The van der Waals surface area contributed by atoms with Crippen molar-refractivity contribution < 1.29 is 14.6 Å². The summed E-state index contributed by atoms with van der Waals surface area (Å²) in [6.07, 6.45) is -0.786. The number of esters is 1. The van der Waals surface area contributed by atoms with Gasteiger partial charge >= 0.3 is 5.97 Å². The van der Waals surface area contributed by atoms with Gasteiger partial charge in [0.25, 0.3) is 0 Å². The number of rotatable bonds is 2. The zero-order valence-corrected chi connectivity index (χ0v) is 13.6. The summed E-state index contributed by atoms with van der Waals surface area (Å²) < 4.78 is 6.99. The zero-order chi connectivity index (χ0) is 17.0. The van der Waals surface area contributed by atoms with Crippen LogP contribution in [0.4, 0.5) is 0 Å². The normalized spacial score (nSPS) is 19.6. The second-order valence-electron chi connectivity index (χ2n) is 6.31. The van der Waals surface area contributed by atoms with Gasteiger partial charge in [-0.25, -0.2) is 9.78 Å². The van der Waals surface area contributed by atoms with Crippen LogP contribution in [0.5, 0.6) is 0 Å². The minimum absolute atomic E-state index is 0.142. The molecule has 4 rings (SSSR count). The van der Waals surface area contributed by atoms with Crippen molar-refractivity contribution in [2.75, 3.05) is 7.11 Å². The number of ether oxygens (including phenoxy) is 1. The van der Waals surface area contributed by atoms with Crippen molar-refractivity contribution in [3.8, 4) is 0 Å². The van der Waals surface area contributed by atoms with Crippen LogP contribution in [0.25, 0.3) is 21.8 Å². The maximum atomic E-state index is 12.0. The standard InChI is InChI=1S/C19H18N2O3/c1-10(2)13-9-21-15-7-5-4-6-11(15)12-8-14(19(23)24-3)20-16(17(12)21)18(13)22/h4-8,13,18,22H,1,9H2,2-3H3/t13-,18-/m0/s1. The molecule has 5 nitrogen and oxygen atoms in total. The Morgan fingerprint density at radius 2 is 2.12 bits per heavy atom. The Morgan fingerprint density at radius 3 is 2.83 bits per heavy atom. The van der Waals surface area contributed by atoms with Crippen molar-refractivity contribution in [3.05, 3.63) is 53.9 Å².